The minimum atomic E-state index is 0.187. The van der Waals surface area contributed by atoms with Crippen LogP contribution in [-0.4, -0.2) is 9.97 Å². The third-order valence-electron chi connectivity index (χ3n) is 1.94. The molecule has 82 valence electrons. The second kappa shape index (κ2) is 4.97. The van der Waals surface area contributed by atoms with E-state index in [0.717, 1.165) is 14.9 Å². The van der Waals surface area contributed by atoms with Crippen LogP contribution in [0.3, 0.4) is 0 Å². The normalized spacial score (nSPS) is 10.2. The van der Waals surface area contributed by atoms with E-state index in [4.69, 9.17) is 16.3 Å². The lowest BCUT2D eigenvalue weighted by Gasteiger charge is -2.08. The summed E-state index contributed by atoms with van der Waals surface area (Å²) in [4.78, 5) is 7.91. The van der Waals surface area contributed by atoms with Crippen molar-refractivity contribution in [2.24, 2.45) is 0 Å². The first-order chi connectivity index (χ1) is 7.66. The van der Waals surface area contributed by atoms with Crippen LogP contribution in [0.2, 0.25) is 5.28 Å². The molecule has 0 fully saturated rings. The summed E-state index contributed by atoms with van der Waals surface area (Å²) in [6.45, 7) is 1.88. The molecule has 16 heavy (non-hydrogen) atoms. The number of benzene rings is 1. The first kappa shape index (κ1) is 11.6. The molecular formula is C11H8ClIN2O. The summed E-state index contributed by atoms with van der Waals surface area (Å²) in [6.07, 6.45) is 1.64. The number of halogens is 2. The fourth-order valence-electron chi connectivity index (χ4n) is 1.14. The van der Waals surface area contributed by atoms with Gasteiger partial charge in [0, 0.05) is 11.8 Å². The van der Waals surface area contributed by atoms with Gasteiger partial charge < -0.3 is 4.74 Å². The number of para-hydroxylation sites is 1. The number of nitrogens with zero attached hydrogens (tertiary/aromatic N) is 2. The maximum absolute atomic E-state index is 5.72. The molecule has 0 spiro atoms. The largest absolute Gasteiger partial charge is 0.437 e. The summed E-state index contributed by atoms with van der Waals surface area (Å²) in [7, 11) is 0. The Morgan fingerprint density at radius 2 is 2.06 bits per heavy atom. The minimum Gasteiger partial charge on any atom is -0.437 e. The Labute approximate surface area is 112 Å². The van der Waals surface area contributed by atoms with Crippen LogP contribution >= 0.6 is 34.2 Å². The molecule has 0 saturated carbocycles. The zero-order valence-corrected chi connectivity index (χ0v) is 11.4. The van der Waals surface area contributed by atoms with E-state index in [2.05, 4.69) is 32.6 Å². The van der Waals surface area contributed by atoms with Gasteiger partial charge in [0.25, 0.3) is 0 Å². The summed E-state index contributed by atoms with van der Waals surface area (Å²) < 4.78 is 6.70. The van der Waals surface area contributed by atoms with Crippen LogP contribution in [0.4, 0.5) is 0 Å². The molecule has 5 heteroatoms. The van der Waals surface area contributed by atoms with E-state index in [1.165, 1.54) is 0 Å². The van der Waals surface area contributed by atoms with Crippen molar-refractivity contribution in [3.05, 3.63) is 44.9 Å². The Hall–Kier alpha value is -0.880. The fraction of sp³-hybridized carbons (Fsp3) is 0.0909. The molecule has 1 heterocycles. The van der Waals surface area contributed by atoms with E-state index in [9.17, 15) is 0 Å². The quantitative estimate of drug-likeness (QED) is 0.612. The highest BCUT2D eigenvalue weighted by molar-refractivity contribution is 14.1. The molecule has 0 N–H and O–H groups in total. The number of ether oxygens (including phenoxy) is 1. The Balaban J connectivity index is 2.34. The molecule has 0 saturated heterocycles. The predicted octanol–water partition coefficient (Wildman–Crippen LogP) is 3.84. The van der Waals surface area contributed by atoms with Gasteiger partial charge in [0.2, 0.25) is 11.2 Å². The predicted molar refractivity (Wildman–Crippen MR) is 71.0 cm³/mol. The number of hydrogen-bond donors (Lipinski definition) is 0. The van der Waals surface area contributed by atoms with Crippen LogP contribution in [0.15, 0.2) is 30.5 Å². The summed E-state index contributed by atoms with van der Waals surface area (Å²) in [5, 5.41) is 0.187. The van der Waals surface area contributed by atoms with Crippen LogP contribution in [0.5, 0.6) is 11.6 Å². The molecule has 3 nitrogen and oxygen atoms in total. The van der Waals surface area contributed by atoms with E-state index >= 15 is 0 Å². The highest BCUT2D eigenvalue weighted by atomic mass is 127. The third kappa shape index (κ3) is 2.62. The van der Waals surface area contributed by atoms with Crippen molar-refractivity contribution < 1.29 is 4.74 Å². The number of hydrogen-bond acceptors (Lipinski definition) is 3. The molecule has 0 aliphatic heterocycles. The van der Waals surface area contributed by atoms with Crippen molar-refractivity contribution in [3.63, 3.8) is 0 Å². The Kier molecular flexibility index (Phi) is 3.60. The molecule has 0 atom stereocenters. The molecule has 2 rings (SSSR count). The third-order valence-corrected chi connectivity index (χ3v) is 3.01. The maximum Gasteiger partial charge on any atom is 0.226 e. The van der Waals surface area contributed by atoms with Crippen LogP contribution in [0.25, 0.3) is 0 Å². The van der Waals surface area contributed by atoms with Gasteiger partial charge in [-0.05, 0) is 53.2 Å². The van der Waals surface area contributed by atoms with E-state index in [1.54, 1.807) is 6.20 Å². The van der Waals surface area contributed by atoms with Gasteiger partial charge in [-0.1, -0.05) is 12.1 Å². The lowest BCUT2D eigenvalue weighted by Crippen LogP contribution is -1.94. The Morgan fingerprint density at radius 1 is 1.31 bits per heavy atom. The average Bonchev–Trinajstić information content (AvgIpc) is 2.27. The molecule has 0 amide bonds. The molecule has 2 aromatic rings. The van der Waals surface area contributed by atoms with Gasteiger partial charge in [-0.15, -0.1) is 0 Å². The fourth-order valence-corrected chi connectivity index (χ4v) is 1.76. The molecule has 0 bridgehead atoms. The van der Waals surface area contributed by atoms with Crippen LogP contribution < -0.4 is 4.74 Å². The molecule has 0 aliphatic rings. The van der Waals surface area contributed by atoms with Crippen molar-refractivity contribution in [1.82, 2.24) is 9.97 Å². The Bertz CT molecular complexity index is 519. The lowest BCUT2D eigenvalue weighted by molar-refractivity contribution is 0.454. The summed E-state index contributed by atoms with van der Waals surface area (Å²) in [6, 6.07) is 7.72. The van der Waals surface area contributed by atoms with Crippen molar-refractivity contribution >= 4 is 34.2 Å². The van der Waals surface area contributed by atoms with Crippen LogP contribution in [0, 0.1) is 10.5 Å². The smallest absolute Gasteiger partial charge is 0.226 e. The first-order valence-corrected chi connectivity index (χ1v) is 6.04. The highest BCUT2D eigenvalue weighted by Crippen LogP contribution is 2.27. The Morgan fingerprint density at radius 3 is 2.81 bits per heavy atom. The monoisotopic (exact) mass is 346 g/mol. The van der Waals surface area contributed by atoms with Gasteiger partial charge in [0.15, 0.2) is 0 Å². The zero-order valence-electron chi connectivity index (χ0n) is 8.45. The van der Waals surface area contributed by atoms with Crippen LogP contribution in [0.1, 0.15) is 5.56 Å². The molecule has 0 aliphatic carbocycles. The lowest BCUT2D eigenvalue weighted by atomic mass is 10.3. The van der Waals surface area contributed by atoms with Gasteiger partial charge in [-0.2, -0.15) is 4.98 Å². The van der Waals surface area contributed by atoms with Crippen LogP contribution in [-0.2, 0) is 0 Å². The van der Waals surface area contributed by atoms with Gasteiger partial charge in [0.1, 0.15) is 5.75 Å². The standard InChI is InChI=1S/C11H8ClIN2O/c1-7-6-14-11(12)15-10(7)16-9-5-3-2-4-8(9)13/h2-6H,1H3. The minimum absolute atomic E-state index is 0.187. The van der Waals surface area contributed by atoms with Crippen molar-refractivity contribution in [2.75, 3.05) is 0 Å². The molecule has 1 aromatic carbocycles. The first-order valence-electron chi connectivity index (χ1n) is 4.58. The van der Waals surface area contributed by atoms with E-state index in [0.29, 0.717) is 5.88 Å². The summed E-state index contributed by atoms with van der Waals surface area (Å²) >= 11 is 7.92. The van der Waals surface area contributed by atoms with Gasteiger partial charge in [-0.3, -0.25) is 0 Å². The van der Waals surface area contributed by atoms with Crippen molar-refractivity contribution in [2.45, 2.75) is 6.92 Å². The van der Waals surface area contributed by atoms with Crippen molar-refractivity contribution in [1.29, 1.82) is 0 Å². The van der Waals surface area contributed by atoms with E-state index < -0.39 is 0 Å². The highest BCUT2D eigenvalue weighted by Gasteiger charge is 2.07. The molecule has 0 unspecified atom stereocenters. The average molecular weight is 347 g/mol. The van der Waals surface area contributed by atoms with E-state index in [-0.39, 0.29) is 5.28 Å². The zero-order chi connectivity index (χ0) is 11.5. The molecule has 1 aromatic heterocycles. The van der Waals surface area contributed by atoms with Crippen molar-refractivity contribution in [3.8, 4) is 11.6 Å². The summed E-state index contributed by atoms with van der Waals surface area (Å²) in [5.74, 6) is 1.25. The van der Waals surface area contributed by atoms with E-state index in [1.807, 2.05) is 31.2 Å². The maximum atomic E-state index is 5.72. The van der Waals surface area contributed by atoms with Gasteiger partial charge >= 0.3 is 0 Å². The second-order valence-corrected chi connectivity index (χ2v) is 4.66. The SMILES string of the molecule is Cc1cnc(Cl)nc1Oc1ccccc1I. The van der Waals surface area contributed by atoms with Gasteiger partial charge in [-0.25, -0.2) is 4.98 Å². The second-order valence-electron chi connectivity index (χ2n) is 3.16. The molecular weight excluding hydrogens is 338 g/mol. The topological polar surface area (TPSA) is 35.0 Å². The van der Waals surface area contributed by atoms with Gasteiger partial charge in [0.05, 0.1) is 3.57 Å². The summed E-state index contributed by atoms with van der Waals surface area (Å²) in [5.41, 5.74) is 0.851. The number of aromatic nitrogens is 2. The number of aryl methyl sites for hydroxylation is 1. The molecule has 0 radical (unpaired) electrons. The number of rotatable bonds is 2.